The van der Waals surface area contributed by atoms with Crippen molar-refractivity contribution in [3.05, 3.63) is 59.7 Å². The minimum Gasteiger partial charge on any atom is -0.444 e. The number of nitrogens with one attached hydrogen (secondary N) is 1. The topological polar surface area (TPSA) is 41.6 Å². The fourth-order valence-electron chi connectivity index (χ4n) is 4.28. The summed E-state index contributed by atoms with van der Waals surface area (Å²) in [5, 5.41) is 3.48. The van der Waals surface area contributed by atoms with Crippen LogP contribution in [0, 0.1) is 0 Å². The third-order valence-electron chi connectivity index (χ3n) is 5.83. The van der Waals surface area contributed by atoms with Crippen LogP contribution in [0.25, 0.3) is 0 Å². The van der Waals surface area contributed by atoms with Crippen LogP contribution in [-0.4, -0.2) is 42.8 Å². The van der Waals surface area contributed by atoms with Crippen LogP contribution < -0.4 is 5.32 Å². The van der Waals surface area contributed by atoms with E-state index in [0.717, 1.165) is 45.2 Å². The number of ether oxygens (including phenoxy) is 1. The SMILES string of the molecule is CC.CC(C)(C)OC(=O)N(CCC1=CCCC=C1)CC1(c2ccccc2)CCNCC1. The van der Waals surface area contributed by atoms with Gasteiger partial charge in [0.15, 0.2) is 0 Å². The molecule has 1 aliphatic carbocycles. The van der Waals surface area contributed by atoms with Gasteiger partial charge in [0, 0.05) is 18.5 Å². The molecular weight excluding hydrogens is 384 g/mol. The lowest BCUT2D eigenvalue weighted by molar-refractivity contribution is 0.0190. The summed E-state index contributed by atoms with van der Waals surface area (Å²) in [5.74, 6) is 0. The first-order valence-electron chi connectivity index (χ1n) is 12.0. The van der Waals surface area contributed by atoms with Gasteiger partial charge in [0.2, 0.25) is 0 Å². The highest BCUT2D eigenvalue weighted by atomic mass is 16.6. The molecule has 3 rings (SSSR count). The second kappa shape index (κ2) is 12.1. The molecule has 0 radical (unpaired) electrons. The number of hydrogen-bond acceptors (Lipinski definition) is 3. The average molecular weight is 427 g/mol. The average Bonchev–Trinajstić information content (AvgIpc) is 2.79. The first kappa shape index (κ1) is 25.2. The van der Waals surface area contributed by atoms with Crippen LogP contribution in [0.1, 0.15) is 72.3 Å². The number of hydrogen-bond donors (Lipinski definition) is 1. The standard InChI is InChI=1S/C25H36N2O2.C2H6/c1-24(2,3)29-23(28)27(19-14-21-10-6-4-7-11-21)20-25(15-17-26-18-16-25)22-12-8-5-9-13-22;1-2/h5-6,8-13,26H,4,7,14-20H2,1-3H3;1-2H3. The lowest BCUT2D eigenvalue weighted by Gasteiger charge is -2.42. The maximum Gasteiger partial charge on any atom is 0.410 e. The quantitative estimate of drug-likeness (QED) is 0.585. The van der Waals surface area contributed by atoms with E-state index in [0.29, 0.717) is 13.1 Å². The van der Waals surface area contributed by atoms with Crippen LogP contribution in [0.15, 0.2) is 54.1 Å². The Balaban J connectivity index is 0.00000166. The molecule has 1 amide bonds. The van der Waals surface area contributed by atoms with Crippen LogP contribution in [0.3, 0.4) is 0 Å². The Morgan fingerprint density at radius 1 is 1.10 bits per heavy atom. The van der Waals surface area contributed by atoms with E-state index in [9.17, 15) is 4.79 Å². The van der Waals surface area contributed by atoms with Crippen LogP contribution in [0.2, 0.25) is 0 Å². The fraction of sp³-hybridized carbons (Fsp3) is 0.593. The highest BCUT2D eigenvalue weighted by molar-refractivity contribution is 5.68. The maximum absolute atomic E-state index is 13.1. The number of piperidine rings is 1. The smallest absolute Gasteiger partial charge is 0.410 e. The van der Waals surface area contributed by atoms with E-state index in [1.54, 1.807) is 0 Å². The first-order valence-corrected chi connectivity index (χ1v) is 12.0. The van der Waals surface area contributed by atoms with Gasteiger partial charge in [-0.3, -0.25) is 0 Å². The predicted octanol–water partition coefficient (Wildman–Crippen LogP) is 6.24. The van der Waals surface area contributed by atoms with E-state index < -0.39 is 5.60 Å². The van der Waals surface area contributed by atoms with E-state index in [1.165, 1.54) is 11.1 Å². The van der Waals surface area contributed by atoms with E-state index in [-0.39, 0.29) is 11.5 Å². The zero-order chi connectivity index (χ0) is 22.7. The molecule has 4 heteroatoms. The highest BCUT2D eigenvalue weighted by Gasteiger charge is 2.37. The molecule has 0 bridgehead atoms. The van der Waals surface area contributed by atoms with Crippen molar-refractivity contribution in [1.82, 2.24) is 10.2 Å². The number of carbonyl (C=O) groups is 1. The van der Waals surface area contributed by atoms with Gasteiger partial charge >= 0.3 is 6.09 Å². The van der Waals surface area contributed by atoms with Crippen molar-refractivity contribution in [1.29, 1.82) is 0 Å². The number of rotatable bonds is 6. The summed E-state index contributed by atoms with van der Waals surface area (Å²) in [6.07, 6.45) is 11.7. The van der Waals surface area contributed by atoms with E-state index in [4.69, 9.17) is 4.74 Å². The summed E-state index contributed by atoms with van der Waals surface area (Å²) >= 11 is 0. The molecule has 0 aromatic heterocycles. The van der Waals surface area contributed by atoms with Gasteiger partial charge in [-0.05, 0) is 71.5 Å². The maximum atomic E-state index is 13.1. The molecule has 1 aliphatic heterocycles. The summed E-state index contributed by atoms with van der Waals surface area (Å²) in [4.78, 5) is 15.1. The zero-order valence-corrected chi connectivity index (χ0v) is 20.2. The molecule has 1 fully saturated rings. The molecule has 1 heterocycles. The summed E-state index contributed by atoms with van der Waals surface area (Å²) < 4.78 is 5.80. The van der Waals surface area contributed by atoms with Crippen molar-refractivity contribution in [2.24, 2.45) is 0 Å². The molecule has 0 atom stereocenters. The van der Waals surface area contributed by atoms with Gasteiger partial charge < -0.3 is 15.0 Å². The van der Waals surface area contributed by atoms with Crippen LogP contribution >= 0.6 is 0 Å². The highest BCUT2D eigenvalue weighted by Crippen LogP contribution is 2.35. The number of benzene rings is 1. The molecule has 1 aromatic carbocycles. The molecule has 2 aliphatic rings. The Hall–Kier alpha value is -2.07. The normalized spacial score (nSPS) is 17.8. The molecule has 31 heavy (non-hydrogen) atoms. The van der Waals surface area contributed by atoms with Gasteiger partial charge in [0.25, 0.3) is 0 Å². The van der Waals surface area contributed by atoms with Gasteiger partial charge in [-0.1, -0.05) is 68.0 Å². The number of carbonyl (C=O) groups excluding carboxylic acids is 1. The Bertz CT molecular complexity index is 725. The molecule has 1 aromatic rings. The minimum absolute atomic E-state index is 0.0276. The molecule has 0 unspecified atom stereocenters. The predicted molar refractivity (Wildman–Crippen MR) is 130 cm³/mol. The molecule has 172 valence electrons. The van der Waals surface area contributed by atoms with Crippen molar-refractivity contribution in [3.63, 3.8) is 0 Å². The van der Waals surface area contributed by atoms with E-state index in [2.05, 4.69) is 53.9 Å². The summed E-state index contributed by atoms with van der Waals surface area (Å²) in [5.41, 5.74) is 2.13. The van der Waals surface area contributed by atoms with Crippen molar-refractivity contribution in [2.45, 2.75) is 77.7 Å². The lowest BCUT2D eigenvalue weighted by atomic mass is 9.72. The van der Waals surface area contributed by atoms with Gasteiger partial charge in [-0.15, -0.1) is 0 Å². The second-order valence-electron chi connectivity index (χ2n) is 9.31. The number of nitrogens with zero attached hydrogens (tertiary/aromatic N) is 1. The van der Waals surface area contributed by atoms with Gasteiger partial charge in [-0.2, -0.15) is 0 Å². The lowest BCUT2D eigenvalue weighted by Crippen LogP contribution is -2.50. The van der Waals surface area contributed by atoms with E-state index >= 15 is 0 Å². The Kier molecular flexibility index (Phi) is 9.83. The van der Waals surface area contributed by atoms with Crippen molar-refractivity contribution < 1.29 is 9.53 Å². The van der Waals surface area contributed by atoms with Crippen LogP contribution in [-0.2, 0) is 10.2 Å². The van der Waals surface area contributed by atoms with Crippen molar-refractivity contribution >= 4 is 6.09 Å². The molecular formula is C27H42N2O2. The van der Waals surface area contributed by atoms with Gasteiger partial charge in [0.05, 0.1) is 0 Å². The molecule has 0 spiro atoms. The van der Waals surface area contributed by atoms with E-state index in [1.807, 2.05) is 39.5 Å². The third kappa shape index (κ3) is 7.84. The molecule has 1 N–H and O–H groups in total. The van der Waals surface area contributed by atoms with Crippen molar-refractivity contribution in [2.75, 3.05) is 26.2 Å². The van der Waals surface area contributed by atoms with Gasteiger partial charge in [0.1, 0.15) is 5.60 Å². The van der Waals surface area contributed by atoms with Crippen LogP contribution in [0.5, 0.6) is 0 Å². The summed E-state index contributed by atoms with van der Waals surface area (Å²) in [6, 6.07) is 10.7. The fourth-order valence-corrected chi connectivity index (χ4v) is 4.28. The third-order valence-corrected chi connectivity index (χ3v) is 5.83. The monoisotopic (exact) mass is 426 g/mol. The Morgan fingerprint density at radius 2 is 1.77 bits per heavy atom. The summed E-state index contributed by atoms with van der Waals surface area (Å²) in [7, 11) is 0. The summed E-state index contributed by atoms with van der Waals surface area (Å²) in [6.45, 7) is 13.2. The molecule has 1 saturated heterocycles. The van der Waals surface area contributed by atoms with Crippen molar-refractivity contribution in [3.8, 4) is 0 Å². The second-order valence-corrected chi connectivity index (χ2v) is 9.31. The number of amides is 1. The first-order chi connectivity index (χ1) is 14.9. The zero-order valence-electron chi connectivity index (χ0n) is 20.2. The number of allylic oxidation sites excluding steroid dienone is 3. The van der Waals surface area contributed by atoms with Gasteiger partial charge in [-0.25, -0.2) is 4.79 Å². The Morgan fingerprint density at radius 3 is 2.35 bits per heavy atom. The molecule has 4 nitrogen and oxygen atoms in total. The molecule has 0 saturated carbocycles. The Labute approximate surface area is 189 Å². The largest absolute Gasteiger partial charge is 0.444 e. The minimum atomic E-state index is -0.493. The van der Waals surface area contributed by atoms with Crippen LogP contribution in [0.4, 0.5) is 4.79 Å².